The maximum absolute atomic E-state index is 10.2. The number of hydrogen-bond donors (Lipinski definition) is 3. The van der Waals surface area contributed by atoms with Crippen molar-refractivity contribution < 1.29 is 0 Å². The molecule has 4 aromatic rings. The molecule has 0 aliphatic heterocycles. The second-order valence-electron chi connectivity index (χ2n) is 6.69. The van der Waals surface area contributed by atoms with Gasteiger partial charge in [-0.3, -0.25) is 10.1 Å². The first-order valence-corrected chi connectivity index (χ1v) is 11.6. The minimum absolute atomic E-state index is 0.289. The van der Waals surface area contributed by atoms with Crippen LogP contribution in [0.2, 0.25) is 0 Å². The molecule has 0 atom stereocenters. The normalized spacial score (nSPS) is 10.9. The Labute approximate surface area is 196 Å². The summed E-state index contributed by atoms with van der Waals surface area (Å²) in [6.45, 7) is 0.814. The van der Waals surface area contributed by atoms with E-state index in [1.165, 1.54) is 0 Å². The number of aromatic nitrogens is 3. The zero-order valence-corrected chi connectivity index (χ0v) is 19.7. The van der Waals surface area contributed by atoms with Gasteiger partial charge in [0.05, 0.1) is 11.3 Å². The Hall–Kier alpha value is -2.48. The maximum atomic E-state index is 10.2. The van der Waals surface area contributed by atoms with Gasteiger partial charge >= 0.3 is 0 Å². The summed E-state index contributed by atoms with van der Waals surface area (Å²) < 4.78 is 1.58. The number of H-pyrrole nitrogens is 1. The van der Waals surface area contributed by atoms with E-state index in [2.05, 4.69) is 71.2 Å². The van der Waals surface area contributed by atoms with E-state index in [4.69, 9.17) is 5.73 Å². The van der Waals surface area contributed by atoms with Crippen molar-refractivity contribution in [2.75, 3.05) is 5.32 Å². The number of hydrogen-bond acceptors (Lipinski definition) is 5. The third kappa shape index (κ3) is 3.69. The van der Waals surface area contributed by atoms with Gasteiger partial charge in [-0.25, -0.2) is 0 Å². The lowest BCUT2D eigenvalue weighted by atomic mass is 9.88. The van der Waals surface area contributed by atoms with Crippen molar-refractivity contribution >= 4 is 55.1 Å². The van der Waals surface area contributed by atoms with Gasteiger partial charge in [-0.1, -0.05) is 52.9 Å². The molecular weight excluding hydrogens is 555 g/mol. The number of nitriles is 1. The van der Waals surface area contributed by atoms with Gasteiger partial charge in [-0.05, 0) is 44.3 Å². The summed E-state index contributed by atoms with van der Waals surface area (Å²) in [5.41, 5.74) is 13.1. The molecule has 0 spiro atoms. The highest BCUT2D eigenvalue weighted by Crippen LogP contribution is 2.42. The van der Waals surface area contributed by atoms with E-state index in [-0.39, 0.29) is 6.54 Å². The van der Waals surface area contributed by atoms with Gasteiger partial charge in [0, 0.05) is 40.9 Å². The van der Waals surface area contributed by atoms with Crippen LogP contribution in [0.25, 0.3) is 22.0 Å². The van der Waals surface area contributed by atoms with Crippen LogP contribution in [-0.2, 0) is 17.5 Å². The van der Waals surface area contributed by atoms with Gasteiger partial charge in [-0.2, -0.15) is 10.4 Å². The van der Waals surface area contributed by atoms with Crippen LogP contribution < -0.4 is 11.1 Å². The van der Waals surface area contributed by atoms with Crippen molar-refractivity contribution in [1.29, 1.82) is 5.26 Å². The number of nitrogens with two attached hydrogens (primary N) is 1. The third-order valence-electron chi connectivity index (χ3n) is 5.00. The second-order valence-corrected chi connectivity index (χ2v) is 8.24. The van der Waals surface area contributed by atoms with E-state index in [1.54, 1.807) is 12.4 Å². The Balaban J connectivity index is 2.01. The van der Waals surface area contributed by atoms with Crippen LogP contribution in [0, 0.1) is 11.3 Å². The summed E-state index contributed by atoms with van der Waals surface area (Å²) in [6.07, 6.45) is 3.54. The summed E-state index contributed by atoms with van der Waals surface area (Å²) >= 11 is 5.93. The monoisotopic (exact) mass is 572 g/mol. The van der Waals surface area contributed by atoms with Gasteiger partial charge in [-0.15, -0.1) is 0 Å². The quantitative estimate of drug-likeness (QED) is 0.216. The number of aromatic amines is 1. The van der Waals surface area contributed by atoms with E-state index in [9.17, 15) is 5.26 Å². The molecule has 0 unspecified atom stereocenters. The molecule has 0 saturated heterocycles. The number of pyridine rings is 1. The molecule has 0 bridgehead atoms. The highest BCUT2D eigenvalue weighted by Gasteiger charge is 2.24. The predicted octanol–water partition coefficient (Wildman–Crippen LogP) is 5.26. The van der Waals surface area contributed by atoms with Gasteiger partial charge in [0.2, 0.25) is 0 Å². The Morgan fingerprint density at radius 3 is 2.77 bits per heavy atom. The number of benzene rings is 2. The Kier molecular flexibility index (Phi) is 6.32. The van der Waals surface area contributed by atoms with Gasteiger partial charge in [0.1, 0.15) is 16.2 Å². The number of rotatable bonds is 6. The number of fused-ring (bicyclic) bond motifs is 1. The second kappa shape index (κ2) is 9.12. The minimum atomic E-state index is 0.289. The molecule has 8 heteroatoms. The first kappa shape index (κ1) is 20.8. The zero-order chi connectivity index (χ0) is 21.1. The van der Waals surface area contributed by atoms with Crippen molar-refractivity contribution in [3.8, 4) is 17.2 Å². The summed E-state index contributed by atoms with van der Waals surface area (Å²) in [7, 11) is 0. The van der Waals surface area contributed by atoms with Crippen molar-refractivity contribution in [1.82, 2.24) is 15.2 Å². The van der Waals surface area contributed by atoms with E-state index in [0.29, 0.717) is 23.3 Å². The average molecular weight is 573 g/mol. The minimum Gasteiger partial charge on any atom is -0.378 e. The SMILES string of the molecule is N#Cc1c(-c2ccccc2CI)c(CN)c2c(Br)[nH]nc2c1NCc1cccnc1. The Morgan fingerprint density at radius 2 is 2.07 bits per heavy atom. The molecule has 0 saturated carbocycles. The molecule has 6 nitrogen and oxygen atoms in total. The molecule has 0 radical (unpaired) electrons. The number of alkyl halides is 1. The first-order chi connectivity index (χ1) is 14.7. The van der Waals surface area contributed by atoms with E-state index in [0.717, 1.165) is 42.2 Å². The van der Waals surface area contributed by atoms with Crippen LogP contribution in [0.4, 0.5) is 5.69 Å². The van der Waals surface area contributed by atoms with E-state index in [1.807, 2.05) is 30.3 Å². The molecular formula is C22H18BrIN6. The van der Waals surface area contributed by atoms with Crippen LogP contribution in [-0.4, -0.2) is 15.2 Å². The highest BCUT2D eigenvalue weighted by atomic mass is 127. The van der Waals surface area contributed by atoms with Crippen molar-refractivity contribution in [2.24, 2.45) is 5.73 Å². The molecule has 0 aliphatic rings. The lowest BCUT2D eigenvalue weighted by molar-refractivity contribution is 1.08. The molecule has 2 aromatic carbocycles. The van der Waals surface area contributed by atoms with Crippen LogP contribution >= 0.6 is 38.5 Å². The molecule has 0 aliphatic carbocycles. The summed E-state index contributed by atoms with van der Waals surface area (Å²) in [5, 5.41) is 22.0. The summed E-state index contributed by atoms with van der Waals surface area (Å²) in [5.74, 6) is 0. The maximum Gasteiger partial charge on any atom is 0.118 e. The molecule has 150 valence electrons. The Bertz CT molecular complexity index is 1250. The predicted molar refractivity (Wildman–Crippen MR) is 131 cm³/mol. The Morgan fingerprint density at radius 1 is 1.23 bits per heavy atom. The largest absolute Gasteiger partial charge is 0.378 e. The fourth-order valence-corrected chi connectivity index (χ4v) is 4.84. The molecule has 0 amide bonds. The smallest absolute Gasteiger partial charge is 0.118 e. The first-order valence-electron chi connectivity index (χ1n) is 9.29. The van der Waals surface area contributed by atoms with Crippen molar-refractivity contribution in [3.05, 3.63) is 75.6 Å². The lowest BCUT2D eigenvalue weighted by Gasteiger charge is -2.19. The topological polar surface area (TPSA) is 103 Å². The van der Waals surface area contributed by atoms with E-state index >= 15 is 0 Å². The third-order valence-corrected chi connectivity index (χ3v) is 6.40. The summed E-state index contributed by atoms with van der Waals surface area (Å²) in [4.78, 5) is 4.17. The molecule has 30 heavy (non-hydrogen) atoms. The van der Waals surface area contributed by atoms with E-state index < -0.39 is 0 Å². The fourth-order valence-electron chi connectivity index (χ4n) is 3.66. The highest BCUT2D eigenvalue weighted by molar-refractivity contribution is 14.1. The molecule has 4 rings (SSSR count). The lowest BCUT2D eigenvalue weighted by Crippen LogP contribution is -2.08. The number of anilines is 1. The molecule has 2 aromatic heterocycles. The molecule has 2 heterocycles. The summed E-state index contributed by atoms with van der Waals surface area (Å²) in [6, 6.07) is 14.4. The van der Waals surface area contributed by atoms with Crippen LogP contribution in [0.15, 0.2) is 53.4 Å². The standard InChI is InChI=1S/C22H18BrIN6/c23-22-19-16(9-25)18(15-6-2-1-5-14(15)8-24)17(10-26)20(21(19)29-30-22)28-12-13-4-3-7-27-11-13/h1-7,11,28H,8-9,12,25H2,(H,29,30). The van der Waals surface area contributed by atoms with Crippen molar-refractivity contribution in [2.45, 2.75) is 17.5 Å². The number of nitrogens with zero attached hydrogens (tertiary/aromatic N) is 3. The molecule has 0 fully saturated rings. The van der Waals surface area contributed by atoms with Crippen molar-refractivity contribution in [3.63, 3.8) is 0 Å². The van der Waals surface area contributed by atoms with Gasteiger partial charge in [0.25, 0.3) is 0 Å². The molecule has 4 N–H and O–H groups in total. The van der Waals surface area contributed by atoms with Gasteiger partial charge in [0.15, 0.2) is 0 Å². The van der Waals surface area contributed by atoms with Gasteiger partial charge < -0.3 is 11.1 Å². The fraction of sp³-hybridized carbons (Fsp3) is 0.136. The number of nitrogens with one attached hydrogen (secondary N) is 2. The average Bonchev–Trinajstić information content (AvgIpc) is 3.18. The van der Waals surface area contributed by atoms with Crippen LogP contribution in [0.3, 0.4) is 0 Å². The van der Waals surface area contributed by atoms with Crippen LogP contribution in [0.1, 0.15) is 22.3 Å². The van der Waals surface area contributed by atoms with Crippen LogP contribution in [0.5, 0.6) is 0 Å². The zero-order valence-electron chi connectivity index (χ0n) is 15.9. The number of halogens is 2.